The van der Waals surface area contributed by atoms with Crippen molar-refractivity contribution in [2.75, 3.05) is 69.5 Å². The van der Waals surface area contributed by atoms with Gasteiger partial charge in [-0.15, -0.1) is 0 Å². The lowest BCUT2D eigenvalue weighted by atomic mass is 10.0. The van der Waals surface area contributed by atoms with Gasteiger partial charge in [-0.25, -0.2) is 19.7 Å². The van der Waals surface area contributed by atoms with Crippen molar-refractivity contribution in [2.24, 2.45) is 0 Å². The van der Waals surface area contributed by atoms with Crippen molar-refractivity contribution in [3.8, 4) is 11.4 Å². The van der Waals surface area contributed by atoms with Crippen LogP contribution in [0.2, 0.25) is 0 Å². The summed E-state index contributed by atoms with van der Waals surface area (Å²) in [5, 5.41) is 16.4. The van der Waals surface area contributed by atoms with E-state index in [9.17, 15) is 9.59 Å². The van der Waals surface area contributed by atoms with Crippen LogP contribution < -0.4 is 20.9 Å². The van der Waals surface area contributed by atoms with Gasteiger partial charge in [0.15, 0.2) is 11.6 Å². The summed E-state index contributed by atoms with van der Waals surface area (Å²) < 4.78 is 5.54. The van der Waals surface area contributed by atoms with Crippen LogP contribution in [0.25, 0.3) is 22.4 Å². The van der Waals surface area contributed by atoms with Crippen LogP contribution in [0, 0.1) is 5.41 Å². The summed E-state index contributed by atoms with van der Waals surface area (Å²) >= 11 is 0. The van der Waals surface area contributed by atoms with E-state index in [1.807, 2.05) is 13.1 Å². The Morgan fingerprint density at radius 2 is 1.81 bits per heavy atom. The van der Waals surface area contributed by atoms with E-state index >= 15 is 0 Å². The number of carbonyl (C=O) groups is 2. The second-order valence-electron chi connectivity index (χ2n) is 10.2. The number of morpholine rings is 1. The fourth-order valence-electron chi connectivity index (χ4n) is 4.67. The van der Waals surface area contributed by atoms with Gasteiger partial charge in [-0.05, 0) is 55.1 Å². The number of hydrogen-bond donors (Lipinski definition) is 4. The molecule has 13 heteroatoms. The Morgan fingerprint density at radius 1 is 1.05 bits per heavy atom. The quantitative estimate of drug-likeness (QED) is 0.217. The van der Waals surface area contributed by atoms with Crippen LogP contribution in [0.15, 0.2) is 54.9 Å². The topological polar surface area (TPSA) is 161 Å². The van der Waals surface area contributed by atoms with Crippen molar-refractivity contribution >= 4 is 46.5 Å². The summed E-state index contributed by atoms with van der Waals surface area (Å²) in [5.74, 6) is 1.29. The molecule has 4 heterocycles. The molecule has 1 saturated heterocycles. The van der Waals surface area contributed by atoms with Gasteiger partial charge < -0.3 is 30.6 Å². The van der Waals surface area contributed by atoms with Gasteiger partial charge in [0, 0.05) is 75.1 Å². The SMILES string of the molecule is CNCC(C=N)c1cnc2c(N3CCOCC3)nc(-c3ccc(NC(=O)Nc4ccc(C(=O)N(C)C)cc4)nc3)nc2c1. The molecule has 1 aliphatic heterocycles. The summed E-state index contributed by atoms with van der Waals surface area (Å²) in [6.45, 7) is 3.17. The third-order valence-electron chi connectivity index (χ3n) is 6.96. The number of fused-ring (bicyclic) bond motifs is 1. The van der Waals surface area contributed by atoms with E-state index in [2.05, 4.69) is 25.8 Å². The number of pyridine rings is 2. The summed E-state index contributed by atoms with van der Waals surface area (Å²) in [6.07, 6.45) is 4.80. The van der Waals surface area contributed by atoms with Crippen molar-refractivity contribution < 1.29 is 14.3 Å². The number of aromatic nitrogens is 4. The second-order valence-corrected chi connectivity index (χ2v) is 10.2. The Labute approximate surface area is 249 Å². The number of likely N-dealkylation sites (N-methyl/N-ethyl adjacent to an activating group) is 1. The minimum absolute atomic E-state index is 0.117. The number of nitrogens with one attached hydrogen (secondary N) is 4. The van der Waals surface area contributed by atoms with E-state index in [4.69, 9.17) is 25.1 Å². The predicted octanol–water partition coefficient (Wildman–Crippen LogP) is 3.22. The molecule has 43 heavy (non-hydrogen) atoms. The van der Waals surface area contributed by atoms with Crippen LogP contribution in [0.4, 0.5) is 22.1 Å². The number of amides is 3. The van der Waals surface area contributed by atoms with Gasteiger partial charge in [0.25, 0.3) is 5.91 Å². The van der Waals surface area contributed by atoms with Gasteiger partial charge in [0.1, 0.15) is 11.3 Å². The van der Waals surface area contributed by atoms with Gasteiger partial charge in [-0.2, -0.15) is 0 Å². The van der Waals surface area contributed by atoms with Gasteiger partial charge in [0.05, 0.1) is 18.7 Å². The number of hydrogen-bond acceptors (Lipinski definition) is 10. The summed E-state index contributed by atoms with van der Waals surface area (Å²) in [6, 6.07) is 11.6. The number of ether oxygens (including phenoxy) is 1. The molecule has 0 radical (unpaired) electrons. The molecule has 0 bridgehead atoms. The van der Waals surface area contributed by atoms with E-state index in [1.165, 1.54) is 11.1 Å². The van der Waals surface area contributed by atoms with Crippen molar-refractivity contribution in [2.45, 2.75) is 5.92 Å². The standard InChI is InChI=1S/C30H34N10O3/c1-32-16-22(15-31)21-14-24-26(34-18-21)28(40-10-12-43-13-11-40)38-27(36-24)20-6-9-25(33-17-20)37-30(42)35-23-7-4-19(5-8-23)29(41)39(2)3/h4-9,14-15,17-18,22,31-32H,10-13,16H2,1-3H3,(H2,33,35,37,42). The molecule has 5 rings (SSSR count). The lowest BCUT2D eigenvalue weighted by Gasteiger charge is -2.28. The molecule has 0 spiro atoms. The summed E-state index contributed by atoms with van der Waals surface area (Å²) in [7, 11) is 5.22. The smallest absolute Gasteiger partial charge is 0.324 e. The first-order chi connectivity index (χ1) is 20.9. The van der Waals surface area contributed by atoms with Gasteiger partial charge in [-0.3, -0.25) is 15.1 Å². The monoisotopic (exact) mass is 582 g/mol. The largest absolute Gasteiger partial charge is 0.378 e. The average molecular weight is 583 g/mol. The highest BCUT2D eigenvalue weighted by Gasteiger charge is 2.21. The number of rotatable bonds is 9. The molecule has 1 aliphatic rings. The molecule has 13 nitrogen and oxygen atoms in total. The van der Waals surface area contributed by atoms with Crippen LogP contribution in [-0.4, -0.2) is 97.0 Å². The highest BCUT2D eigenvalue weighted by atomic mass is 16.5. The Kier molecular flexibility index (Phi) is 9.13. The van der Waals surface area contributed by atoms with Crippen LogP contribution in [0.3, 0.4) is 0 Å². The van der Waals surface area contributed by atoms with Crippen molar-refractivity contribution in [3.63, 3.8) is 0 Å². The number of carbonyl (C=O) groups excluding carboxylic acids is 2. The normalized spacial score (nSPS) is 13.8. The van der Waals surface area contributed by atoms with Crippen LogP contribution in [-0.2, 0) is 4.74 Å². The molecule has 0 aliphatic carbocycles. The summed E-state index contributed by atoms with van der Waals surface area (Å²) in [5.41, 5.74) is 3.99. The number of anilines is 3. The third kappa shape index (κ3) is 6.90. The average Bonchev–Trinajstić information content (AvgIpc) is 3.03. The van der Waals surface area contributed by atoms with Gasteiger partial charge in [-0.1, -0.05) is 0 Å². The zero-order valence-corrected chi connectivity index (χ0v) is 24.3. The Balaban J connectivity index is 1.37. The molecule has 1 aromatic carbocycles. The van der Waals surface area contributed by atoms with Gasteiger partial charge >= 0.3 is 6.03 Å². The minimum Gasteiger partial charge on any atom is -0.378 e. The van der Waals surface area contributed by atoms with Gasteiger partial charge in [0.2, 0.25) is 0 Å². The molecule has 4 N–H and O–H groups in total. The van der Waals surface area contributed by atoms with E-state index < -0.39 is 6.03 Å². The second kappa shape index (κ2) is 13.3. The molecule has 3 aromatic heterocycles. The Morgan fingerprint density at radius 3 is 2.47 bits per heavy atom. The maximum absolute atomic E-state index is 12.6. The van der Waals surface area contributed by atoms with Crippen LogP contribution >= 0.6 is 0 Å². The lowest BCUT2D eigenvalue weighted by Crippen LogP contribution is -2.37. The minimum atomic E-state index is -0.468. The van der Waals surface area contributed by atoms with E-state index in [0.29, 0.717) is 72.3 Å². The van der Waals surface area contributed by atoms with E-state index in [1.54, 1.807) is 62.9 Å². The maximum Gasteiger partial charge on any atom is 0.324 e. The molecule has 4 aromatic rings. The van der Waals surface area contributed by atoms with E-state index in [-0.39, 0.29) is 11.8 Å². The van der Waals surface area contributed by atoms with E-state index in [0.717, 1.165) is 11.4 Å². The lowest BCUT2D eigenvalue weighted by molar-refractivity contribution is 0.0827. The third-order valence-corrected chi connectivity index (χ3v) is 6.96. The van der Waals surface area contributed by atoms with Crippen molar-refractivity contribution in [1.82, 2.24) is 30.2 Å². The Bertz CT molecular complexity index is 1600. The number of nitrogens with zero attached hydrogens (tertiary/aromatic N) is 6. The molecule has 222 valence electrons. The first-order valence-electron chi connectivity index (χ1n) is 13.9. The van der Waals surface area contributed by atoms with Crippen molar-refractivity contribution in [1.29, 1.82) is 5.41 Å². The molecule has 1 fully saturated rings. The highest BCUT2D eigenvalue weighted by molar-refractivity contribution is 6.00. The zero-order chi connectivity index (χ0) is 30.3. The number of urea groups is 1. The van der Waals surface area contributed by atoms with Crippen molar-refractivity contribution in [3.05, 3.63) is 66.0 Å². The molecule has 3 amide bonds. The molecular weight excluding hydrogens is 548 g/mol. The predicted molar refractivity (Wildman–Crippen MR) is 166 cm³/mol. The molecule has 1 atom stereocenters. The molecular formula is C30H34N10O3. The summed E-state index contributed by atoms with van der Waals surface area (Å²) in [4.78, 5) is 47.1. The first kappa shape index (κ1) is 29.5. The fourth-order valence-corrected chi connectivity index (χ4v) is 4.67. The molecule has 0 saturated carbocycles. The first-order valence-corrected chi connectivity index (χ1v) is 13.9. The van der Waals surface area contributed by atoms with Crippen LogP contribution in [0.1, 0.15) is 21.8 Å². The Hall–Kier alpha value is -5.01. The highest BCUT2D eigenvalue weighted by Crippen LogP contribution is 2.29. The zero-order valence-electron chi connectivity index (χ0n) is 24.3. The fraction of sp³-hybridized carbons (Fsp3) is 0.300. The van der Waals surface area contributed by atoms with Crippen LogP contribution in [0.5, 0.6) is 0 Å². The maximum atomic E-state index is 12.6. The number of benzene rings is 1. The molecule has 1 unspecified atom stereocenters.